The van der Waals surface area contributed by atoms with Gasteiger partial charge in [0.15, 0.2) is 0 Å². The number of fused-ring (bicyclic) bond motifs is 3. The van der Waals surface area contributed by atoms with Gasteiger partial charge in [0.25, 0.3) is 0 Å². The highest BCUT2D eigenvalue weighted by Gasteiger charge is 2.59. The van der Waals surface area contributed by atoms with E-state index in [0.717, 1.165) is 29.6 Å². The molecule has 2 aliphatic rings. The molecule has 0 unspecified atom stereocenters. The van der Waals surface area contributed by atoms with Gasteiger partial charge in [0.1, 0.15) is 11.6 Å². The van der Waals surface area contributed by atoms with E-state index in [2.05, 4.69) is 0 Å². The molecule has 1 amide bonds. The first kappa shape index (κ1) is 21.8. The lowest BCUT2D eigenvalue weighted by Crippen LogP contribution is -2.32. The number of aromatic nitrogens is 2. The third-order valence-corrected chi connectivity index (χ3v) is 7.03. The van der Waals surface area contributed by atoms with Crippen molar-refractivity contribution in [2.45, 2.75) is 31.7 Å². The van der Waals surface area contributed by atoms with E-state index in [1.807, 2.05) is 22.8 Å². The van der Waals surface area contributed by atoms with Crippen LogP contribution in [0.2, 0.25) is 5.02 Å². The monoisotopic (exact) mass is 489 g/mol. The quantitative estimate of drug-likeness (QED) is 0.344. The summed E-state index contributed by atoms with van der Waals surface area (Å²) >= 11 is 6.23. The van der Waals surface area contributed by atoms with Crippen LogP contribution in [0.15, 0.2) is 60.7 Å². The molecule has 1 aliphatic carbocycles. The van der Waals surface area contributed by atoms with Gasteiger partial charge in [0.05, 0.1) is 40.9 Å². The number of hydrogen-bond donors (Lipinski definition) is 0. The molecule has 176 valence electrons. The van der Waals surface area contributed by atoms with Crippen LogP contribution in [0.5, 0.6) is 0 Å². The Kier molecular flexibility index (Phi) is 4.93. The van der Waals surface area contributed by atoms with Gasteiger partial charge in [-0.2, -0.15) is 0 Å². The number of esters is 1. The maximum atomic E-state index is 14.2. The van der Waals surface area contributed by atoms with Gasteiger partial charge in [-0.3, -0.25) is 9.36 Å². The van der Waals surface area contributed by atoms with Gasteiger partial charge in [-0.25, -0.2) is 14.2 Å². The Balaban J connectivity index is 1.45. The van der Waals surface area contributed by atoms with E-state index in [9.17, 15) is 14.0 Å². The first-order valence-electron chi connectivity index (χ1n) is 11.5. The van der Waals surface area contributed by atoms with Crippen LogP contribution in [0.25, 0.3) is 16.7 Å². The van der Waals surface area contributed by atoms with E-state index < -0.39 is 11.4 Å². The van der Waals surface area contributed by atoms with Crippen molar-refractivity contribution in [2.75, 3.05) is 11.5 Å². The van der Waals surface area contributed by atoms with Gasteiger partial charge in [-0.1, -0.05) is 17.7 Å². The molecule has 2 heterocycles. The number of nitrogens with zero attached hydrogens (tertiary/aromatic N) is 3. The normalized spacial score (nSPS) is 15.6. The van der Waals surface area contributed by atoms with Crippen LogP contribution in [-0.4, -0.2) is 28.0 Å². The molecule has 8 heteroatoms. The highest BCUT2D eigenvalue weighted by atomic mass is 35.5. The molecule has 6 rings (SSSR count). The summed E-state index contributed by atoms with van der Waals surface area (Å²) in [6.45, 7) is 2.23. The topological polar surface area (TPSA) is 64.4 Å². The maximum Gasteiger partial charge on any atom is 0.338 e. The Labute approximate surface area is 205 Å². The predicted octanol–water partition coefficient (Wildman–Crippen LogP) is 5.57. The summed E-state index contributed by atoms with van der Waals surface area (Å²) in [6.07, 6.45) is 1.53. The smallest absolute Gasteiger partial charge is 0.338 e. The Morgan fingerprint density at radius 1 is 1.11 bits per heavy atom. The van der Waals surface area contributed by atoms with Crippen molar-refractivity contribution in [3.8, 4) is 5.69 Å². The minimum Gasteiger partial charge on any atom is -0.462 e. The Hall–Kier alpha value is -3.71. The number of imidazole rings is 1. The van der Waals surface area contributed by atoms with Gasteiger partial charge in [-0.15, -0.1) is 0 Å². The summed E-state index contributed by atoms with van der Waals surface area (Å²) in [7, 11) is 0. The molecule has 1 aromatic heterocycles. The molecule has 1 saturated carbocycles. The standard InChI is InChI=1S/C27H21ClFN3O3/c1-2-35-25(33)16-3-7-19(8-4-16)32-22-10-5-17(28)13-21(22)30-24(32)15-31-23-14-18(29)6-9-20(23)27(11-12-27)26(31)34/h3-10,13-14H,2,11-12,15H2,1H3. The number of amides is 1. The first-order chi connectivity index (χ1) is 16.9. The molecule has 0 radical (unpaired) electrons. The average Bonchev–Trinajstić information content (AvgIpc) is 3.53. The molecule has 0 bridgehead atoms. The van der Waals surface area contributed by atoms with Crippen LogP contribution < -0.4 is 4.90 Å². The fourth-order valence-corrected chi connectivity index (χ4v) is 5.15. The molecule has 3 aromatic carbocycles. The lowest BCUT2D eigenvalue weighted by atomic mass is 9.98. The van der Waals surface area contributed by atoms with Crippen molar-refractivity contribution < 1.29 is 18.7 Å². The molecule has 1 fully saturated rings. The van der Waals surface area contributed by atoms with E-state index >= 15 is 0 Å². The zero-order valence-corrected chi connectivity index (χ0v) is 19.7. The summed E-state index contributed by atoms with van der Waals surface area (Å²) < 4.78 is 21.2. The Bertz CT molecular complexity index is 1510. The summed E-state index contributed by atoms with van der Waals surface area (Å²) in [6, 6.07) is 17.0. The summed E-state index contributed by atoms with van der Waals surface area (Å²) in [4.78, 5) is 32.0. The summed E-state index contributed by atoms with van der Waals surface area (Å²) in [5.41, 5.74) is 3.64. The van der Waals surface area contributed by atoms with E-state index in [-0.39, 0.29) is 18.3 Å². The highest BCUT2D eigenvalue weighted by Crippen LogP contribution is 2.57. The summed E-state index contributed by atoms with van der Waals surface area (Å²) in [5.74, 6) is -0.188. The predicted molar refractivity (Wildman–Crippen MR) is 131 cm³/mol. The molecular weight excluding hydrogens is 469 g/mol. The van der Waals surface area contributed by atoms with Crippen LogP contribution in [0.1, 0.15) is 41.5 Å². The number of carbonyl (C=O) groups is 2. The maximum absolute atomic E-state index is 14.2. The molecule has 6 nitrogen and oxygen atoms in total. The van der Waals surface area contributed by atoms with Crippen molar-refractivity contribution in [1.29, 1.82) is 0 Å². The SMILES string of the molecule is CCOC(=O)c1ccc(-n2c(CN3C(=O)C4(CC4)c4ccc(F)cc43)nc3cc(Cl)ccc32)cc1. The van der Waals surface area contributed by atoms with Gasteiger partial charge >= 0.3 is 5.97 Å². The fraction of sp³-hybridized carbons (Fsp3) is 0.222. The molecule has 35 heavy (non-hydrogen) atoms. The van der Waals surface area contributed by atoms with E-state index in [1.54, 1.807) is 42.2 Å². The molecule has 0 N–H and O–H groups in total. The van der Waals surface area contributed by atoms with Crippen LogP contribution in [0.4, 0.5) is 10.1 Å². The van der Waals surface area contributed by atoms with Crippen LogP contribution in [0, 0.1) is 5.82 Å². The molecular formula is C27H21ClFN3O3. The number of carbonyl (C=O) groups excluding carboxylic acids is 2. The van der Waals surface area contributed by atoms with Crippen molar-refractivity contribution >= 4 is 40.2 Å². The average molecular weight is 490 g/mol. The first-order valence-corrected chi connectivity index (χ1v) is 11.9. The lowest BCUT2D eigenvalue weighted by Gasteiger charge is -2.19. The Morgan fingerprint density at radius 3 is 2.60 bits per heavy atom. The van der Waals surface area contributed by atoms with E-state index in [4.69, 9.17) is 21.3 Å². The second kappa shape index (κ2) is 7.92. The number of anilines is 1. The zero-order valence-electron chi connectivity index (χ0n) is 18.9. The largest absolute Gasteiger partial charge is 0.462 e. The third kappa shape index (κ3) is 3.41. The molecule has 1 aliphatic heterocycles. The van der Waals surface area contributed by atoms with Crippen LogP contribution in [0.3, 0.4) is 0 Å². The lowest BCUT2D eigenvalue weighted by molar-refractivity contribution is -0.120. The molecule has 0 atom stereocenters. The van der Waals surface area contributed by atoms with Gasteiger partial charge in [-0.05, 0) is 79.9 Å². The zero-order chi connectivity index (χ0) is 24.3. The number of rotatable bonds is 5. The molecule has 1 spiro atoms. The number of ether oxygens (including phenoxy) is 1. The fourth-order valence-electron chi connectivity index (χ4n) is 4.98. The van der Waals surface area contributed by atoms with E-state index in [1.165, 1.54) is 12.1 Å². The van der Waals surface area contributed by atoms with Crippen LogP contribution >= 0.6 is 11.6 Å². The number of hydrogen-bond acceptors (Lipinski definition) is 4. The van der Waals surface area contributed by atoms with Crippen molar-refractivity contribution in [1.82, 2.24) is 9.55 Å². The van der Waals surface area contributed by atoms with Crippen molar-refractivity contribution in [3.05, 3.63) is 88.5 Å². The van der Waals surface area contributed by atoms with Gasteiger partial charge in [0, 0.05) is 10.7 Å². The second-order valence-electron chi connectivity index (χ2n) is 8.90. The Morgan fingerprint density at radius 2 is 1.89 bits per heavy atom. The minimum atomic E-state index is -0.537. The minimum absolute atomic E-state index is 0.0209. The third-order valence-electron chi connectivity index (χ3n) is 6.79. The summed E-state index contributed by atoms with van der Waals surface area (Å²) in [5, 5.41) is 0.549. The van der Waals surface area contributed by atoms with Crippen molar-refractivity contribution in [2.24, 2.45) is 0 Å². The molecule has 0 saturated heterocycles. The second-order valence-corrected chi connectivity index (χ2v) is 9.34. The molecule has 4 aromatic rings. The van der Waals surface area contributed by atoms with E-state index in [0.29, 0.717) is 34.2 Å². The van der Waals surface area contributed by atoms with Gasteiger partial charge < -0.3 is 9.64 Å². The van der Waals surface area contributed by atoms with Crippen LogP contribution in [-0.2, 0) is 21.5 Å². The highest BCUT2D eigenvalue weighted by molar-refractivity contribution is 6.31. The number of halogens is 2. The number of benzene rings is 3. The van der Waals surface area contributed by atoms with Gasteiger partial charge in [0.2, 0.25) is 5.91 Å². The van der Waals surface area contributed by atoms with Crippen molar-refractivity contribution in [3.63, 3.8) is 0 Å².